The van der Waals surface area contributed by atoms with Gasteiger partial charge in [0.15, 0.2) is 11.5 Å². The van der Waals surface area contributed by atoms with Crippen molar-refractivity contribution in [1.82, 2.24) is 10.2 Å². The summed E-state index contributed by atoms with van der Waals surface area (Å²) in [6.45, 7) is -0.238. The minimum absolute atomic E-state index is 0.0152. The van der Waals surface area contributed by atoms with E-state index in [0.29, 0.717) is 26.6 Å². The lowest BCUT2D eigenvalue weighted by Crippen LogP contribution is -2.36. The van der Waals surface area contributed by atoms with Gasteiger partial charge >= 0.3 is 12.0 Å². The number of ether oxygens (including phenoxy) is 3. The Morgan fingerprint density at radius 3 is 2.61 bits per heavy atom. The highest BCUT2D eigenvalue weighted by molar-refractivity contribution is 9.10. The molecule has 3 rings (SSSR count). The average molecular weight is 510 g/mol. The van der Waals surface area contributed by atoms with E-state index < -0.39 is 24.5 Å². The van der Waals surface area contributed by atoms with Crippen LogP contribution in [0.25, 0.3) is 6.08 Å². The molecule has 0 spiro atoms. The lowest BCUT2D eigenvalue weighted by Gasteiger charge is -2.13. The van der Waals surface area contributed by atoms with E-state index in [9.17, 15) is 14.4 Å². The van der Waals surface area contributed by atoms with Crippen molar-refractivity contribution in [1.29, 1.82) is 0 Å². The van der Waals surface area contributed by atoms with Crippen LogP contribution in [-0.2, 0) is 20.9 Å². The smallest absolute Gasteiger partial charge is 0.329 e. The molecule has 1 N–H and O–H groups in total. The third-order valence-corrected chi connectivity index (χ3v) is 5.46. The molecule has 8 nitrogen and oxygen atoms in total. The van der Waals surface area contributed by atoms with E-state index in [1.54, 1.807) is 18.2 Å². The van der Waals surface area contributed by atoms with Crippen LogP contribution in [0.1, 0.15) is 11.1 Å². The van der Waals surface area contributed by atoms with E-state index in [-0.39, 0.29) is 12.3 Å². The van der Waals surface area contributed by atoms with Gasteiger partial charge in [-0.1, -0.05) is 45.7 Å². The predicted molar refractivity (Wildman–Crippen MR) is 117 cm³/mol. The zero-order valence-electron chi connectivity index (χ0n) is 16.6. The molecule has 2 aromatic carbocycles. The summed E-state index contributed by atoms with van der Waals surface area (Å²) >= 11 is 9.61. The summed E-state index contributed by atoms with van der Waals surface area (Å²) in [5.74, 6) is -0.455. The van der Waals surface area contributed by atoms with Crippen LogP contribution >= 0.6 is 27.5 Å². The second-order valence-corrected chi connectivity index (χ2v) is 7.62. The maximum absolute atomic E-state index is 12.5. The molecule has 10 heteroatoms. The van der Waals surface area contributed by atoms with Crippen LogP contribution in [0.15, 0.2) is 46.6 Å². The maximum Gasteiger partial charge on any atom is 0.329 e. The maximum atomic E-state index is 12.5. The van der Waals surface area contributed by atoms with E-state index in [1.807, 2.05) is 18.2 Å². The number of nitrogens with one attached hydrogen (secondary N) is 1. The van der Waals surface area contributed by atoms with E-state index in [0.717, 1.165) is 10.5 Å². The minimum Gasteiger partial charge on any atom is -0.493 e. The molecule has 162 valence electrons. The largest absolute Gasteiger partial charge is 0.493 e. The molecule has 3 amide bonds. The summed E-state index contributed by atoms with van der Waals surface area (Å²) in [7, 11) is 2.67. The highest BCUT2D eigenvalue weighted by Gasteiger charge is 2.35. The first kappa shape index (κ1) is 22.6. The standard InChI is InChI=1S/C21H18BrClN2O6/c1-29-17-8-13(7-16-20(27)25(21(28)24-16)10-19(26)30-2)14(22)9-18(17)31-11-12-5-3-4-6-15(12)23/h3-9H,10-11H2,1-2H3,(H,24,28)/b16-7+. The number of carbonyl (C=O) groups excluding carboxylic acids is 3. The Morgan fingerprint density at radius 2 is 1.94 bits per heavy atom. The first-order chi connectivity index (χ1) is 14.8. The van der Waals surface area contributed by atoms with Gasteiger partial charge in [0.25, 0.3) is 5.91 Å². The molecule has 0 unspecified atom stereocenters. The van der Waals surface area contributed by atoms with Gasteiger partial charge in [0, 0.05) is 15.1 Å². The van der Waals surface area contributed by atoms with Crippen LogP contribution in [0.4, 0.5) is 4.79 Å². The summed E-state index contributed by atoms with van der Waals surface area (Å²) in [6, 6.07) is 9.97. The predicted octanol–water partition coefficient (Wildman–Crippen LogP) is 3.76. The number of esters is 1. The molecule has 1 heterocycles. The molecule has 0 bridgehead atoms. The lowest BCUT2D eigenvalue weighted by molar-refractivity contribution is -0.143. The van der Waals surface area contributed by atoms with Crippen molar-refractivity contribution in [3.8, 4) is 11.5 Å². The first-order valence-corrected chi connectivity index (χ1v) is 10.2. The van der Waals surface area contributed by atoms with Crippen LogP contribution in [0, 0.1) is 0 Å². The normalized spacial score (nSPS) is 14.6. The lowest BCUT2D eigenvalue weighted by atomic mass is 10.1. The van der Waals surface area contributed by atoms with Crippen LogP contribution in [-0.4, -0.2) is 43.6 Å². The van der Waals surface area contributed by atoms with E-state index in [2.05, 4.69) is 26.0 Å². The summed E-state index contributed by atoms with van der Waals surface area (Å²) in [5.41, 5.74) is 1.39. The minimum atomic E-state index is -0.704. The highest BCUT2D eigenvalue weighted by atomic mass is 79.9. The van der Waals surface area contributed by atoms with E-state index in [4.69, 9.17) is 21.1 Å². The van der Waals surface area contributed by atoms with Gasteiger partial charge in [-0.15, -0.1) is 0 Å². The fourth-order valence-corrected chi connectivity index (χ4v) is 3.40. The monoisotopic (exact) mass is 508 g/mol. The number of carbonyl (C=O) groups is 3. The fraction of sp³-hybridized carbons (Fsp3) is 0.190. The molecule has 1 aliphatic heterocycles. The number of hydrogen-bond acceptors (Lipinski definition) is 6. The number of rotatable bonds is 7. The molecule has 1 saturated heterocycles. The van der Waals surface area contributed by atoms with Crippen LogP contribution < -0.4 is 14.8 Å². The molecule has 0 atom stereocenters. The van der Waals surface area contributed by atoms with Gasteiger partial charge < -0.3 is 19.5 Å². The second-order valence-electron chi connectivity index (χ2n) is 6.36. The van der Waals surface area contributed by atoms with Crippen molar-refractivity contribution in [2.24, 2.45) is 0 Å². The number of urea groups is 1. The van der Waals surface area contributed by atoms with Gasteiger partial charge in [-0.25, -0.2) is 9.69 Å². The summed E-state index contributed by atoms with van der Waals surface area (Å²) in [6.07, 6.45) is 1.47. The van der Waals surface area contributed by atoms with Crippen molar-refractivity contribution in [3.05, 3.63) is 62.7 Å². The van der Waals surface area contributed by atoms with Crippen molar-refractivity contribution in [2.75, 3.05) is 20.8 Å². The number of benzene rings is 2. The Balaban J connectivity index is 1.83. The van der Waals surface area contributed by atoms with Crippen LogP contribution in [0.5, 0.6) is 11.5 Å². The summed E-state index contributed by atoms with van der Waals surface area (Å²) < 4.78 is 16.4. The third kappa shape index (κ3) is 5.18. The van der Waals surface area contributed by atoms with Crippen molar-refractivity contribution < 1.29 is 28.6 Å². The Kier molecular flexibility index (Phi) is 7.19. The number of amides is 3. The number of nitrogens with zero attached hydrogens (tertiary/aromatic N) is 1. The quantitative estimate of drug-likeness (QED) is 0.347. The van der Waals surface area contributed by atoms with Gasteiger partial charge in [-0.2, -0.15) is 0 Å². The Morgan fingerprint density at radius 1 is 1.19 bits per heavy atom. The summed E-state index contributed by atoms with van der Waals surface area (Å²) in [5, 5.41) is 3.04. The first-order valence-electron chi connectivity index (χ1n) is 8.99. The molecule has 2 aromatic rings. The average Bonchev–Trinajstić information content (AvgIpc) is 3.01. The Hall–Kier alpha value is -3.04. The molecule has 0 aliphatic carbocycles. The molecule has 1 fully saturated rings. The zero-order chi connectivity index (χ0) is 22.5. The molecule has 0 radical (unpaired) electrons. The number of methoxy groups -OCH3 is 2. The van der Waals surface area contributed by atoms with E-state index in [1.165, 1.54) is 20.3 Å². The molecule has 0 aromatic heterocycles. The third-order valence-electron chi connectivity index (χ3n) is 4.40. The number of hydrogen-bond donors (Lipinski definition) is 1. The van der Waals surface area contributed by atoms with Crippen molar-refractivity contribution in [2.45, 2.75) is 6.61 Å². The molecule has 0 saturated carbocycles. The number of imide groups is 1. The van der Waals surface area contributed by atoms with Crippen molar-refractivity contribution >= 4 is 51.5 Å². The number of halogens is 2. The van der Waals surface area contributed by atoms with Crippen molar-refractivity contribution in [3.63, 3.8) is 0 Å². The van der Waals surface area contributed by atoms with Gasteiger partial charge in [-0.3, -0.25) is 9.59 Å². The second kappa shape index (κ2) is 9.84. The van der Waals surface area contributed by atoms with Crippen LogP contribution in [0.2, 0.25) is 5.02 Å². The summed E-state index contributed by atoms with van der Waals surface area (Å²) in [4.78, 5) is 36.7. The van der Waals surface area contributed by atoms with Gasteiger partial charge in [0.2, 0.25) is 0 Å². The SMILES string of the molecule is COC(=O)CN1C(=O)N/C(=C/c2cc(OC)c(OCc3ccccc3Cl)cc2Br)C1=O. The highest BCUT2D eigenvalue weighted by Crippen LogP contribution is 2.35. The van der Waals surface area contributed by atoms with Gasteiger partial charge in [0.05, 0.1) is 14.2 Å². The molecular weight excluding hydrogens is 492 g/mol. The van der Waals surface area contributed by atoms with E-state index >= 15 is 0 Å². The topological polar surface area (TPSA) is 94.2 Å². The zero-order valence-corrected chi connectivity index (χ0v) is 19.0. The molecule has 31 heavy (non-hydrogen) atoms. The molecular formula is C21H18BrClN2O6. The Labute approximate surface area is 191 Å². The van der Waals surface area contributed by atoms with Gasteiger partial charge in [0.1, 0.15) is 18.8 Å². The van der Waals surface area contributed by atoms with Crippen LogP contribution in [0.3, 0.4) is 0 Å². The Bertz CT molecular complexity index is 1070. The fourth-order valence-electron chi connectivity index (χ4n) is 2.77. The molecule has 1 aliphatic rings. The van der Waals surface area contributed by atoms with Gasteiger partial charge in [-0.05, 0) is 29.8 Å².